The van der Waals surface area contributed by atoms with E-state index in [9.17, 15) is 27.6 Å². The summed E-state index contributed by atoms with van der Waals surface area (Å²) in [4.78, 5) is 44.9. The molecule has 258 valence electrons. The van der Waals surface area contributed by atoms with Crippen LogP contribution in [0.4, 0.5) is 34.1 Å². The molecule has 17 heteroatoms. The number of aromatic nitrogens is 3. The molecule has 0 fully saturated rings. The van der Waals surface area contributed by atoms with Crippen LogP contribution in [0.15, 0.2) is 72.0 Å². The lowest BCUT2D eigenvalue weighted by Gasteiger charge is -2.16. The molecule has 0 aliphatic heterocycles. The topological polar surface area (TPSA) is 158 Å². The molecule has 0 aliphatic rings. The Morgan fingerprint density at radius 3 is 2.24 bits per heavy atom. The van der Waals surface area contributed by atoms with Gasteiger partial charge in [-0.05, 0) is 104 Å². The van der Waals surface area contributed by atoms with Gasteiger partial charge in [0.05, 0.1) is 25.0 Å². The van der Waals surface area contributed by atoms with E-state index >= 15 is 0 Å². The quantitative estimate of drug-likeness (QED) is 0.0717. The number of alkyl halides is 3. The predicted octanol–water partition coefficient (Wildman–Crippen LogP) is 6.56. The highest BCUT2D eigenvalue weighted by atomic mass is 32.2. The Kier molecular flexibility index (Phi) is 12.2. The van der Waals surface area contributed by atoms with Gasteiger partial charge in [0.15, 0.2) is 11.0 Å². The Morgan fingerprint density at radius 2 is 1.63 bits per heavy atom. The van der Waals surface area contributed by atoms with Crippen LogP contribution in [0.5, 0.6) is 5.75 Å². The number of alkyl carbamates (subject to hydrolysis) is 1. The van der Waals surface area contributed by atoms with Gasteiger partial charge in [-0.15, -0.1) is 5.10 Å². The monoisotopic (exact) mass is 699 g/mol. The van der Waals surface area contributed by atoms with E-state index in [2.05, 4.69) is 31.0 Å². The van der Waals surface area contributed by atoms with Gasteiger partial charge in [0.2, 0.25) is 0 Å². The number of ether oxygens (including phenoxy) is 3. The number of amides is 3. The third-order valence-electron chi connectivity index (χ3n) is 6.59. The van der Waals surface area contributed by atoms with Gasteiger partial charge in [0, 0.05) is 16.9 Å². The minimum absolute atomic E-state index is 0.120. The van der Waals surface area contributed by atoms with Gasteiger partial charge in [-0.1, -0.05) is 0 Å². The molecule has 49 heavy (non-hydrogen) atoms. The summed E-state index contributed by atoms with van der Waals surface area (Å²) in [5.74, 6) is 0.0191. The zero-order valence-electron chi connectivity index (χ0n) is 26.8. The molecular formula is C32H32F3N7O6S. The van der Waals surface area contributed by atoms with Gasteiger partial charge in [0.1, 0.15) is 24.6 Å². The first-order valence-corrected chi connectivity index (χ1v) is 15.6. The highest BCUT2D eigenvalue weighted by Gasteiger charge is 2.30. The van der Waals surface area contributed by atoms with Crippen molar-refractivity contribution >= 4 is 46.4 Å². The van der Waals surface area contributed by atoms with E-state index in [1.54, 1.807) is 38.3 Å². The first kappa shape index (κ1) is 36.3. The van der Waals surface area contributed by atoms with E-state index in [0.717, 1.165) is 35.0 Å². The normalized spacial score (nSPS) is 11.4. The van der Waals surface area contributed by atoms with E-state index in [4.69, 9.17) is 14.2 Å². The third kappa shape index (κ3) is 10.5. The number of thioether (sulfide) groups is 1. The Morgan fingerprint density at radius 1 is 0.959 bits per heavy atom. The van der Waals surface area contributed by atoms with E-state index in [-0.39, 0.29) is 17.7 Å². The van der Waals surface area contributed by atoms with Crippen molar-refractivity contribution in [3.05, 3.63) is 83.7 Å². The zero-order valence-corrected chi connectivity index (χ0v) is 27.6. The summed E-state index contributed by atoms with van der Waals surface area (Å²) in [6.07, 6.45) is -3.81. The van der Waals surface area contributed by atoms with E-state index < -0.39 is 36.4 Å². The molecule has 0 bridgehead atoms. The molecule has 3 N–H and O–H groups in total. The van der Waals surface area contributed by atoms with E-state index in [0.29, 0.717) is 34.2 Å². The van der Waals surface area contributed by atoms with Gasteiger partial charge >= 0.3 is 24.3 Å². The number of methoxy groups -OCH3 is 1. The lowest BCUT2D eigenvalue weighted by Crippen LogP contribution is -2.31. The molecule has 0 radical (unpaired) electrons. The van der Waals surface area contributed by atoms with E-state index in [1.807, 2.05) is 26.0 Å². The van der Waals surface area contributed by atoms with Crippen molar-refractivity contribution < 1.29 is 41.8 Å². The van der Waals surface area contributed by atoms with Crippen molar-refractivity contribution in [2.75, 3.05) is 36.8 Å². The molecule has 3 aromatic carbocycles. The number of hydrogen-bond acceptors (Lipinski definition) is 9. The Hall–Kier alpha value is -5.58. The number of rotatable bonds is 10. The maximum atomic E-state index is 13.0. The molecule has 0 saturated heterocycles. The van der Waals surface area contributed by atoms with Crippen LogP contribution in [-0.2, 0) is 20.4 Å². The largest absolute Gasteiger partial charge is 0.497 e. The number of hydrogen-bond donors (Lipinski definition) is 3. The SMILES string of the molecule is CCOC(=O)NCC(=O)OCS/C(=N\C(=O)Nc1ccc(-c2ncn(-c3ccc(C(F)(F)F)cc3)n2)cc1)Nc1c(C)cc(OC)cc1C. The summed E-state index contributed by atoms with van der Waals surface area (Å²) in [6.45, 7) is 5.08. The number of halogens is 3. The van der Waals surface area contributed by atoms with Crippen LogP contribution in [0.25, 0.3) is 17.1 Å². The average molecular weight is 700 g/mol. The lowest BCUT2D eigenvalue weighted by molar-refractivity contribution is -0.140. The summed E-state index contributed by atoms with van der Waals surface area (Å²) < 4.78 is 55.2. The fourth-order valence-electron chi connectivity index (χ4n) is 4.24. The fourth-order valence-corrected chi connectivity index (χ4v) is 4.86. The fraction of sp³-hybridized carbons (Fsp3) is 0.250. The van der Waals surface area contributed by atoms with Gasteiger partial charge < -0.3 is 30.2 Å². The Balaban J connectivity index is 1.43. The molecule has 0 saturated carbocycles. The first-order valence-electron chi connectivity index (χ1n) is 14.6. The third-order valence-corrected chi connectivity index (χ3v) is 7.29. The molecule has 4 aromatic rings. The first-order chi connectivity index (χ1) is 23.4. The number of benzene rings is 3. The van der Waals surface area contributed by atoms with Gasteiger partial charge in [-0.25, -0.2) is 19.3 Å². The van der Waals surface area contributed by atoms with Gasteiger partial charge in [0.25, 0.3) is 0 Å². The summed E-state index contributed by atoms with van der Waals surface area (Å²) in [5.41, 5.74) is 2.92. The van der Waals surface area contributed by atoms with Crippen molar-refractivity contribution in [2.45, 2.75) is 26.9 Å². The number of aliphatic imine (C=N–C) groups is 1. The number of esters is 1. The number of urea groups is 1. The van der Waals surface area contributed by atoms with Crippen LogP contribution in [-0.4, -0.2) is 64.2 Å². The Labute approximate surface area is 283 Å². The average Bonchev–Trinajstić information content (AvgIpc) is 3.56. The van der Waals surface area contributed by atoms with Crippen LogP contribution in [0, 0.1) is 13.8 Å². The molecular weight excluding hydrogens is 667 g/mol. The molecule has 1 aromatic heterocycles. The van der Waals surface area contributed by atoms with Gasteiger partial charge in [-0.3, -0.25) is 4.79 Å². The second-order valence-electron chi connectivity index (χ2n) is 10.1. The molecule has 1 heterocycles. The molecule has 13 nitrogen and oxygen atoms in total. The summed E-state index contributed by atoms with van der Waals surface area (Å²) in [5, 5.41) is 12.5. The summed E-state index contributed by atoms with van der Waals surface area (Å²) in [7, 11) is 1.55. The number of aryl methyl sites for hydroxylation is 2. The van der Waals surface area contributed by atoms with Crippen LogP contribution in [0.3, 0.4) is 0 Å². The summed E-state index contributed by atoms with van der Waals surface area (Å²) in [6, 6.07) is 14.0. The van der Waals surface area contributed by atoms with Crippen molar-refractivity contribution in [3.63, 3.8) is 0 Å². The lowest BCUT2D eigenvalue weighted by atomic mass is 10.1. The highest BCUT2D eigenvalue weighted by molar-refractivity contribution is 8.14. The van der Waals surface area contributed by atoms with Crippen LogP contribution >= 0.6 is 11.8 Å². The molecule has 3 amide bonds. The Bertz CT molecular complexity index is 1790. The van der Waals surface area contributed by atoms with Crippen molar-refractivity contribution in [3.8, 4) is 22.8 Å². The van der Waals surface area contributed by atoms with Crippen LogP contribution < -0.4 is 20.7 Å². The maximum Gasteiger partial charge on any atom is 0.416 e. The minimum atomic E-state index is -4.44. The number of amidine groups is 1. The molecule has 0 spiro atoms. The van der Waals surface area contributed by atoms with Gasteiger partial charge in [-0.2, -0.15) is 18.2 Å². The van der Waals surface area contributed by atoms with Crippen molar-refractivity contribution in [2.24, 2.45) is 4.99 Å². The predicted molar refractivity (Wildman–Crippen MR) is 178 cm³/mol. The molecule has 0 unspecified atom stereocenters. The number of anilines is 2. The number of nitrogens with one attached hydrogen (secondary N) is 3. The van der Waals surface area contributed by atoms with Crippen LogP contribution in [0.1, 0.15) is 23.6 Å². The number of nitrogens with zero attached hydrogens (tertiary/aromatic N) is 4. The second kappa shape index (κ2) is 16.5. The zero-order chi connectivity index (χ0) is 35.6. The van der Waals surface area contributed by atoms with E-state index in [1.165, 1.54) is 23.1 Å². The molecule has 4 rings (SSSR count). The second-order valence-corrected chi connectivity index (χ2v) is 11.0. The van der Waals surface area contributed by atoms with Crippen LogP contribution in [0.2, 0.25) is 0 Å². The minimum Gasteiger partial charge on any atom is -0.497 e. The molecule has 0 atom stereocenters. The molecule has 0 aliphatic carbocycles. The van der Waals surface area contributed by atoms with Crippen molar-refractivity contribution in [1.82, 2.24) is 20.1 Å². The van der Waals surface area contributed by atoms with Crippen molar-refractivity contribution in [1.29, 1.82) is 0 Å². The summed E-state index contributed by atoms with van der Waals surface area (Å²) >= 11 is 0.943. The highest BCUT2D eigenvalue weighted by Crippen LogP contribution is 2.30. The maximum absolute atomic E-state index is 13.0. The standard InChI is InChI=1S/C32H32F3N7O6S/c1-5-47-31(45)36-16-26(43)48-18-49-30(39-27-19(2)14-25(46-4)15-20(27)3)40-29(44)38-23-10-6-21(7-11-23)28-37-17-42(41-28)24-12-8-22(9-13-24)32(33,34)35/h6-15,17H,5,16,18H2,1-4H3,(H,36,45)(H2,38,39,40,44). The smallest absolute Gasteiger partial charge is 0.416 e. The number of carbonyl (C=O) groups excluding carboxylic acids is 3. The number of carbonyl (C=O) groups is 3.